The molecule has 0 saturated carbocycles. The van der Waals surface area contributed by atoms with Gasteiger partial charge in [-0.2, -0.15) is 4.99 Å². The van der Waals surface area contributed by atoms with Crippen LogP contribution in [0.1, 0.15) is 21.5 Å². The Kier molecular flexibility index (Phi) is 4.90. The molecule has 0 aliphatic carbocycles. The summed E-state index contributed by atoms with van der Waals surface area (Å²) in [5.74, 6) is -0.239. The highest BCUT2D eigenvalue weighted by Gasteiger charge is 2.11. The molecule has 0 spiro atoms. The molecule has 7 heteroatoms. The lowest BCUT2D eigenvalue weighted by molar-refractivity contribution is 0.0997. The standard InChI is InChI=1S/C20H19N3O2S2/c1-12-8-16-18(9-13(12)2)27-20(23(16)6-7-25-3)22-19(24)14-4-5-15-17(10-14)26-11-21-15/h4-5,8-11H,6-7H2,1-3H3. The number of fused-ring (bicyclic) bond motifs is 2. The number of carbonyl (C=O) groups excluding carboxylic acids is 1. The second-order valence-corrected chi connectivity index (χ2v) is 8.28. The number of amides is 1. The highest BCUT2D eigenvalue weighted by molar-refractivity contribution is 7.17. The fraction of sp³-hybridized carbons (Fsp3) is 0.250. The van der Waals surface area contributed by atoms with E-state index < -0.39 is 0 Å². The van der Waals surface area contributed by atoms with Crippen molar-refractivity contribution < 1.29 is 9.53 Å². The molecule has 2 aromatic heterocycles. The second-order valence-electron chi connectivity index (χ2n) is 6.39. The predicted octanol–water partition coefficient (Wildman–Crippen LogP) is 4.32. The van der Waals surface area contributed by atoms with Gasteiger partial charge in [-0.1, -0.05) is 11.3 Å². The molecule has 4 aromatic rings. The maximum Gasteiger partial charge on any atom is 0.279 e. The summed E-state index contributed by atoms with van der Waals surface area (Å²) in [7, 11) is 1.68. The summed E-state index contributed by atoms with van der Waals surface area (Å²) in [5.41, 5.74) is 6.81. The van der Waals surface area contributed by atoms with Gasteiger partial charge in [0.1, 0.15) is 0 Å². The van der Waals surface area contributed by atoms with Crippen molar-refractivity contribution in [1.82, 2.24) is 9.55 Å². The maximum atomic E-state index is 12.8. The van der Waals surface area contributed by atoms with Crippen LogP contribution in [0, 0.1) is 13.8 Å². The molecule has 0 unspecified atom stereocenters. The molecule has 0 saturated heterocycles. The smallest absolute Gasteiger partial charge is 0.279 e. The number of ether oxygens (including phenoxy) is 1. The van der Waals surface area contributed by atoms with Gasteiger partial charge in [0.15, 0.2) is 4.80 Å². The molecule has 0 radical (unpaired) electrons. The van der Waals surface area contributed by atoms with Crippen LogP contribution in [0.25, 0.3) is 20.4 Å². The highest BCUT2D eigenvalue weighted by atomic mass is 32.1. The number of nitrogens with zero attached hydrogens (tertiary/aromatic N) is 3. The van der Waals surface area contributed by atoms with E-state index in [-0.39, 0.29) is 5.91 Å². The van der Waals surface area contributed by atoms with Crippen molar-refractivity contribution >= 4 is 49.0 Å². The van der Waals surface area contributed by atoms with E-state index in [0.717, 1.165) is 20.4 Å². The fourth-order valence-electron chi connectivity index (χ4n) is 2.95. The SMILES string of the molecule is COCCn1c(=NC(=O)c2ccc3ncsc3c2)sc2cc(C)c(C)cc21. The molecule has 0 aliphatic rings. The molecule has 0 aliphatic heterocycles. The number of aromatic nitrogens is 2. The lowest BCUT2D eigenvalue weighted by Crippen LogP contribution is -2.19. The van der Waals surface area contributed by atoms with Crippen molar-refractivity contribution in [3.05, 3.63) is 57.3 Å². The first-order valence-corrected chi connectivity index (χ1v) is 10.3. The minimum absolute atomic E-state index is 0.239. The van der Waals surface area contributed by atoms with Crippen LogP contribution in [0.5, 0.6) is 0 Å². The minimum atomic E-state index is -0.239. The molecule has 0 atom stereocenters. The van der Waals surface area contributed by atoms with Gasteiger partial charge in [0.05, 0.1) is 32.6 Å². The molecule has 2 aromatic carbocycles. The van der Waals surface area contributed by atoms with E-state index in [2.05, 4.69) is 40.5 Å². The molecule has 1 amide bonds. The van der Waals surface area contributed by atoms with Crippen LogP contribution in [0.3, 0.4) is 0 Å². The largest absolute Gasteiger partial charge is 0.383 e. The Morgan fingerprint density at radius 3 is 2.81 bits per heavy atom. The summed E-state index contributed by atoms with van der Waals surface area (Å²) in [4.78, 5) is 22.2. The van der Waals surface area contributed by atoms with Crippen LogP contribution in [0.4, 0.5) is 0 Å². The van der Waals surface area contributed by atoms with Gasteiger partial charge in [-0.25, -0.2) is 4.98 Å². The van der Waals surface area contributed by atoms with E-state index in [9.17, 15) is 4.79 Å². The van der Waals surface area contributed by atoms with E-state index in [1.54, 1.807) is 18.7 Å². The van der Waals surface area contributed by atoms with Gasteiger partial charge in [0.25, 0.3) is 5.91 Å². The van der Waals surface area contributed by atoms with Crippen molar-refractivity contribution in [1.29, 1.82) is 0 Å². The zero-order valence-corrected chi connectivity index (χ0v) is 17.0. The molecule has 27 heavy (non-hydrogen) atoms. The van der Waals surface area contributed by atoms with Crippen molar-refractivity contribution in [3.63, 3.8) is 0 Å². The molecule has 138 valence electrons. The lowest BCUT2D eigenvalue weighted by Gasteiger charge is -2.06. The summed E-state index contributed by atoms with van der Waals surface area (Å²) >= 11 is 3.06. The normalized spacial score (nSPS) is 12.3. The van der Waals surface area contributed by atoms with E-state index in [1.165, 1.54) is 33.8 Å². The molecule has 0 bridgehead atoms. The van der Waals surface area contributed by atoms with Crippen LogP contribution in [-0.2, 0) is 11.3 Å². The summed E-state index contributed by atoms with van der Waals surface area (Å²) in [6, 6.07) is 9.83. The van der Waals surface area contributed by atoms with Crippen LogP contribution in [0.2, 0.25) is 0 Å². The first-order valence-electron chi connectivity index (χ1n) is 8.58. The summed E-state index contributed by atoms with van der Waals surface area (Å²) in [5, 5.41) is 0. The quantitative estimate of drug-likeness (QED) is 0.515. The lowest BCUT2D eigenvalue weighted by atomic mass is 10.1. The van der Waals surface area contributed by atoms with Crippen LogP contribution >= 0.6 is 22.7 Å². The number of methoxy groups -OCH3 is 1. The molecule has 5 nitrogen and oxygen atoms in total. The monoisotopic (exact) mass is 397 g/mol. The number of hydrogen-bond acceptors (Lipinski definition) is 5. The zero-order chi connectivity index (χ0) is 19.0. The Bertz CT molecular complexity index is 1220. The average Bonchev–Trinajstić information content (AvgIpc) is 3.24. The van der Waals surface area contributed by atoms with Crippen molar-refractivity contribution in [2.45, 2.75) is 20.4 Å². The molecule has 0 N–H and O–H groups in total. The van der Waals surface area contributed by atoms with Gasteiger partial charge in [-0.15, -0.1) is 11.3 Å². The first kappa shape index (κ1) is 18.0. The van der Waals surface area contributed by atoms with E-state index >= 15 is 0 Å². The summed E-state index contributed by atoms with van der Waals surface area (Å²) < 4.78 is 9.44. The third-order valence-corrected chi connectivity index (χ3v) is 6.43. The average molecular weight is 398 g/mol. The topological polar surface area (TPSA) is 56.5 Å². The second kappa shape index (κ2) is 7.34. The van der Waals surface area contributed by atoms with Crippen molar-refractivity contribution in [2.75, 3.05) is 13.7 Å². The maximum absolute atomic E-state index is 12.8. The van der Waals surface area contributed by atoms with Crippen LogP contribution in [0.15, 0.2) is 40.8 Å². The van der Waals surface area contributed by atoms with Crippen molar-refractivity contribution in [3.8, 4) is 0 Å². The Morgan fingerprint density at radius 2 is 2.00 bits per heavy atom. The Hall–Kier alpha value is -2.35. The number of thiazole rings is 2. The van der Waals surface area contributed by atoms with Gasteiger partial charge in [0.2, 0.25) is 0 Å². The fourth-order valence-corrected chi connectivity index (χ4v) is 4.80. The molecule has 4 rings (SSSR count). The molecule has 2 heterocycles. The number of aryl methyl sites for hydroxylation is 2. The third kappa shape index (κ3) is 3.45. The number of rotatable bonds is 4. The summed E-state index contributed by atoms with van der Waals surface area (Å²) in [6.07, 6.45) is 0. The number of benzene rings is 2. The third-order valence-electron chi connectivity index (χ3n) is 4.59. The van der Waals surface area contributed by atoms with Crippen LogP contribution < -0.4 is 4.80 Å². The Morgan fingerprint density at radius 1 is 1.19 bits per heavy atom. The van der Waals surface area contributed by atoms with Gasteiger partial charge >= 0.3 is 0 Å². The van der Waals surface area contributed by atoms with E-state index in [1.807, 2.05) is 12.1 Å². The van der Waals surface area contributed by atoms with E-state index in [0.29, 0.717) is 23.5 Å². The minimum Gasteiger partial charge on any atom is -0.383 e. The zero-order valence-electron chi connectivity index (χ0n) is 15.4. The number of hydrogen-bond donors (Lipinski definition) is 0. The number of carbonyl (C=O) groups is 1. The first-order chi connectivity index (χ1) is 13.1. The van der Waals surface area contributed by atoms with E-state index in [4.69, 9.17) is 4.74 Å². The van der Waals surface area contributed by atoms with Gasteiger partial charge < -0.3 is 9.30 Å². The molecular weight excluding hydrogens is 378 g/mol. The van der Waals surface area contributed by atoms with Gasteiger partial charge in [0, 0.05) is 19.2 Å². The predicted molar refractivity (Wildman–Crippen MR) is 111 cm³/mol. The highest BCUT2D eigenvalue weighted by Crippen LogP contribution is 2.23. The van der Waals surface area contributed by atoms with Gasteiger partial charge in [-0.05, 0) is 55.3 Å². The Labute approximate surface area is 164 Å². The summed E-state index contributed by atoms with van der Waals surface area (Å²) in [6.45, 7) is 5.41. The van der Waals surface area contributed by atoms with Crippen LogP contribution in [-0.4, -0.2) is 29.2 Å². The van der Waals surface area contributed by atoms with Gasteiger partial charge in [-0.3, -0.25) is 4.79 Å². The molecular formula is C20H19N3O2S2. The molecule has 0 fully saturated rings. The van der Waals surface area contributed by atoms with Crippen molar-refractivity contribution in [2.24, 2.45) is 4.99 Å². The Balaban J connectivity index is 1.83.